The first-order chi connectivity index (χ1) is 7.04. The summed E-state index contributed by atoms with van der Waals surface area (Å²) in [5.41, 5.74) is 1.36. The number of hydrogen-bond acceptors (Lipinski definition) is 0. The van der Waals surface area contributed by atoms with Crippen molar-refractivity contribution in [2.75, 3.05) is 0 Å². The molecular formula is C16H36. The molecule has 0 radical (unpaired) electrons. The Hall–Kier alpha value is 0. The van der Waals surface area contributed by atoms with E-state index in [-0.39, 0.29) is 7.43 Å². The summed E-state index contributed by atoms with van der Waals surface area (Å²) in [7, 11) is 0. The predicted molar refractivity (Wildman–Crippen MR) is 78.0 cm³/mol. The Bertz CT molecular complexity index is 149. The monoisotopic (exact) mass is 228 g/mol. The van der Waals surface area contributed by atoms with E-state index < -0.39 is 0 Å². The molecule has 16 heavy (non-hydrogen) atoms. The molecule has 0 spiro atoms. The third-order valence-electron chi connectivity index (χ3n) is 3.75. The lowest BCUT2D eigenvalue weighted by Gasteiger charge is -2.30. The summed E-state index contributed by atoms with van der Waals surface area (Å²) in [6.07, 6.45) is 10.1. The summed E-state index contributed by atoms with van der Waals surface area (Å²) in [6, 6.07) is 0. The van der Waals surface area contributed by atoms with Crippen LogP contribution in [0.15, 0.2) is 0 Å². The molecule has 1 rings (SSSR count). The van der Waals surface area contributed by atoms with Crippen LogP contribution in [-0.4, -0.2) is 0 Å². The lowest BCUT2D eigenvalue weighted by molar-refractivity contribution is 0.212. The van der Waals surface area contributed by atoms with E-state index in [1.54, 1.807) is 0 Å². The van der Waals surface area contributed by atoms with Gasteiger partial charge in [0.2, 0.25) is 0 Å². The third kappa shape index (κ3) is 5.37. The van der Waals surface area contributed by atoms with Crippen LogP contribution in [0.2, 0.25) is 0 Å². The molecule has 0 aromatic rings. The van der Waals surface area contributed by atoms with Crippen molar-refractivity contribution in [1.29, 1.82) is 0 Å². The summed E-state index contributed by atoms with van der Waals surface area (Å²) < 4.78 is 0. The maximum Gasteiger partial charge on any atom is -0.0292 e. The first-order valence-corrected chi connectivity index (χ1v) is 7.04. The molecular weight excluding hydrogens is 192 g/mol. The van der Waals surface area contributed by atoms with E-state index in [0.29, 0.717) is 5.41 Å². The van der Waals surface area contributed by atoms with Gasteiger partial charge < -0.3 is 0 Å². The normalized spacial score (nSPS) is 20.6. The minimum Gasteiger partial charge on any atom is -0.0776 e. The van der Waals surface area contributed by atoms with E-state index in [4.69, 9.17) is 0 Å². The van der Waals surface area contributed by atoms with Gasteiger partial charge in [-0.25, -0.2) is 0 Å². The Balaban J connectivity index is 0. The van der Waals surface area contributed by atoms with E-state index in [1.165, 1.54) is 44.9 Å². The average molecular weight is 228 g/mol. The lowest BCUT2D eigenvalue weighted by atomic mass is 9.75. The molecule has 0 amide bonds. The molecule has 100 valence electrons. The van der Waals surface area contributed by atoms with Crippen LogP contribution in [0.5, 0.6) is 0 Å². The van der Waals surface area contributed by atoms with Crippen molar-refractivity contribution in [3.05, 3.63) is 0 Å². The third-order valence-corrected chi connectivity index (χ3v) is 3.75. The zero-order valence-corrected chi connectivity index (χ0v) is 11.9. The molecule has 0 heterocycles. The van der Waals surface area contributed by atoms with Gasteiger partial charge in [-0.05, 0) is 42.9 Å². The molecule has 0 nitrogen and oxygen atoms in total. The van der Waals surface area contributed by atoms with Crippen molar-refractivity contribution in [3.8, 4) is 0 Å². The van der Waals surface area contributed by atoms with Gasteiger partial charge >= 0.3 is 0 Å². The maximum atomic E-state index is 2.44. The first-order valence-electron chi connectivity index (χ1n) is 7.04. The van der Waals surface area contributed by atoms with E-state index in [9.17, 15) is 0 Å². The van der Waals surface area contributed by atoms with Gasteiger partial charge in [-0.15, -0.1) is 0 Å². The summed E-state index contributed by atoms with van der Waals surface area (Å²) in [5, 5.41) is 0. The molecule has 0 saturated heterocycles. The zero-order valence-electron chi connectivity index (χ0n) is 11.9. The fraction of sp³-hybridized carbons (Fsp3) is 1.00. The molecule has 0 bridgehead atoms. The molecule has 0 aromatic carbocycles. The predicted octanol–water partition coefficient (Wildman–Crippen LogP) is 6.45. The van der Waals surface area contributed by atoms with Crippen LogP contribution < -0.4 is 0 Å². The molecule has 0 heteroatoms. The molecule has 0 aromatic heterocycles. The van der Waals surface area contributed by atoms with Crippen molar-refractivity contribution in [2.45, 2.75) is 93.9 Å². The molecule has 1 saturated carbocycles. The van der Waals surface area contributed by atoms with Crippen LogP contribution in [0.25, 0.3) is 0 Å². The Morgan fingerprint density at radius 1 is 0.875 bits per heavy atom. The van der Waals surface area contributed by atoms with E-state index in [2.05, 4.69) is 27.7 Å². The largest absolute Gasteiger partial charge is 0.0776 e. The molecule has 0 aliphatic heterocycles. The van der Waals surface area contributed by atoms with Crippen molar-refractivity contribution in [1.82, 2.24) is 0 Å². The smallest absolute Gasteiger partial charge is 0.0292 e. The molecule has 0 N–H and O–H groups in total. The first kappa shape index (κ1) is 18.4. The standard InChI is InChI=1S/C13H26.C2H6.CH4/c1-5-7-13(8-6-2)10-9-12(3,4)11-13;1-2;/h5-11H2,1-4H3;1-2H3;1H4. The highest BCUT2D eigenvalue weighted by Gasteiger charge is 2.41. The minimum atomic E-state index is 0. The molecule has 0 unspecified atom stereocenters. The van der Waals surface area contributed by atoms with Gasteiger partial charge in [0.05, 0.1) is 0 Å². The maximum absolute atomic E-state index is 2.44. The van der Waals surface area contributed by atoms with Crippen LogP contribution in [0.4, 0.5) is 0 Å². The lowest BCUT2D eigenvalue weighted by Crippen LogP contribution is -2.18. The fourth-order valence-electron chi connectivity index (χ4n) is 3.41. The Kier molecular flexibility index (Phi) is 9.35. The second-order valence-electron chi connectivity index (χ2n) is 5.84. The van der Waals surface area contributed by atoms with Crippen molar-refractivity contribution >= 4 is 0 Å². The van der Waals surface area contributed by atoms with Crippen LogP contribution in [0.1, 0.15) is 93.9 Å². The highest BCUT2D eigenvalue weighted by Crippen LogP contribution is 2.53. The van der Waals surface area contributed by atoms with Gasteiger partial charge in [0.25, 0.3) is 0 Å². The van der Waals surface area contributed by atoms with Gasteiger partial charge in [0.15, 0.2) is 0 Å². The summed E-state index contributed by atoms with van der Waals surface area (Å²) >= 11 is 0. The Morgan fingerprint density at radius 2 is 1.31 bits per heavy atom. The SMILES string of the molecule is C.CC.CCCC1(CCC)CCC(C)(C)C1. The highest BCUT2D eigenvalue weighted by molar-refractivity contribution is 4.92. The molecule has 1 aliphatic rings. The van der Waals surface area contributed by atoms with Gasteiger partial charge in [0.1, 0.15) is 0 Å². The van der Waals surface area contributed by atoms with Crippen molar-refractivity contribution in [2.24, 2.45) is 10.8 Å². The van der Waals surface area contributed by atoms with E-state index >= 15 is 0 Å². The van der Waals surface area contributed by atoms with Gasteiger partial charge in [-0.2, -0.15) is 0 Å². The fourth-order valence-corrected chi connectivity index (χ4v) is 3.41. The number of rotatable bonds is 4. The van der Waals surface area contributed by atoms with Crippen molar-refractivity contribution < 1.29 is 0 Å². The van der Waals surface area contributed by atoms with Crippen LogP contribution >= 0.6 is 0 Å². The Labute approximate surface area is 105 Å². The molecule has 1 aliphatic carbocycles. The second kappa shape index (κ2) is 8.14. The molecule has 1 fully saturated rings. The van der Waals surface area contributed by atoms with Gasteiger partial charge in [0, 0.05) is 0 Å². The van der Waals surface area contributed by atoms with Crippen LogP contribution in [-0.2, 0) is 0 Å². The molecule has 0 atom stereocenters. The van der Waals surface area contributed by atoms with Gasteiger partial charge in [-0.1, -0.05) is 61.8 Å². The highest BCUT2D eigenvalue weighted by atomic mass is 14.5. The topological polar surface area (TPSA) is 0 Å². The zero-order chi connectivity index (χ0) is 11.9. The van der Waals surface area contributed by atoms with Crippen LogP contribution in [0.3, 0.4) is 0 Å². The van der Waals surface area contributed by atoms with Crippen LogP contribution in [0, 0.1) is 10.8 Å². The second-order valence-corrected chi connectivity index (χ2v) is 5.84. The summed E-state index contributed by atoms with van der Waals surface area (Å²) in [4.78, 5) is 0. The quantitative estimate of drug-likeness (QED) is 0.519. The van der Waals surface area contributed by atoms with Crippen molar-refractivity contribution in [3.63, 3.8) is 0 Å². The number of hydrogen-bond donors (Lipinski definition) is 0. The minimum absolute atomic E-state index is 0. The van der Waals surface area contributed by atoms with E-state index in [0.717, 1.165) is 5.41 Å². The average Bonchev–Trinajstić information content (AvgIpc) is 2.47. The summed E-state index contributed by atoms with van der Waals surface area (Å²) in [6.45, 7) is 13.6. The summed E-state index contributed by atoms with van der Waals surface area (Å²) in [5.74, 6) is 0. The van der Waals surface area contributed by atoms with Gasteiger partial charge in [-0.3, -0.25) is 0 Å². The van der Waals surface area contributed by atoms with E-state index in [1.807, 2.05) is 13.8 Å². The Morgan fingerprint density at radius 3 is 1.56 bits per heavy atom.